The van der Waals surface area contributed by atoms with Crippen LogP contribution in [0, 0.1) is 11.3 Å². The van der Waals surface area contributed by atoms with Crippen LogP contribution in [-0.4, -0.2) is 110 Å². The number of nitrogens with one attached hydrogen (secondary N) is 1. The minimum Gasteiger partial charge on any atom is -0.388 e. The predicted octanol–water partition coefficient (Wildman–Crippen LogP) is 6.97. The van der Waals surface area contributed by atoms with Crippen molar-refractivity contribution >= 4 is 31.4 Å². The van der Waals surface area contributed by atoms with Crippen molar-refractivity contribution in [2.75, 3.05) is 32.7 Å². The van der Waals surface area contributed by atoms with Crippen molar-refractivity contribution in [3.63, 3.8) is 0 Å². The lowest BCUT2D eigenvalue weighted by atomic mass is 10.1. The maximum Gasteiger partial charge on any atom is 0.469 e. The van der Waals surface area contributed by atoms with Crippen molar-refractivity contribution in [1.82, 2.24) is 4.90 Å². The van der Waals surface area contributed by atoms with Gasteiger partial charge in [0.15, 0.2) is 0 Å². The molecule has 0 rings (SSSR count). The average molecular weight is 764 g/mol. The summed E-state index contributed by atoms with van der Waals surface area (Å²) >= 11 is 0. The molecule has 0 aliphatic heterocycles. The monoisotopic (exact) mass is 764 g/mol. The van der Waals surface area contributed by atoms with E-state index in [-0.39, 0.29) is 13.3 Å². The number of quaternary nitrogens is 1. The van der Waals surface area contributed by atoms with Crippen molar-refractivity contribution in [2.24, 2.45) is 11.7 Å². The van der Waals surface area contributed by atoms with Crippen LogP contribution in [0.3, 0.4) is 0 Å². The van der Waals surface area contributed by atoms with E-state index in [0.717, 1.165) is 12.5 Å². The summed E-state index contributed by atoms with van der Waals surface area (Å²) in [6, 6.07) is 1.49. The molecule has 14 nitrogen and oxygen atoms in total. The van der Waals surface area contributed by atoms with Crippen LogP contribution in [0.2, 0.25) is 0 Å². The maximum absolute atomic E-state index is 10.0. The van der Waals surface area contributed by atoms with E-state index >= 15 is 0 Å². The Bertz CT molecular complexity index is 921. The van der Waals surface area contributed by atoms with E-state index in [1.807, 2.05) is 13.8 Å². The quantitative estimate of drug-likeness (QED) is 0.0331. The van der Waals surface area contributed by atoms with Crippen LogP contribution in [-0.2, 0) is 23.8 Å². The summed E-state index contributed by atoms with van der Waals surface area (Å²) in [5.41, 5.74) is 4.54. The molecule has 0 aliphatic rings. The number of phosphoric ester groups is 1. The lowest BCUT2D eigenvalue weighted by Crippen LogP contribution is -2.52. The topological polar surface area (TPSA) is 232 Å². The molecule has 48 heavy (non-hydrogen) atoms. The first-order valence-electron chi connectivity index (χ1n) is 16.5. The standard InChI is InChI=1S/C9H22N.C7H17N.C5H12N2.C3H9O4P.C3H9O3P.C3H8O3S.CH4/c1-6-10(7-2,8-3)9(4)5;1-5-8(6-2)7(3)4;1-4(2)3-5(6)7;1-3(2)7-8(4,5)6;2*1-3(2)7(4,5)6;/h9H,6-8H2,1-5H3;7H,5-6H2,1-4H3;4H,3H2,1-2H3,(H3,6,7);3H,1-2H3,(H2,4,5,6);3H,1-2H3,(H2,4,5,6);3H,1-2H3,(H,4,5,6);1H4/q+1;;;;;;. The lowest BCUT2D eigenvalue weighted by Gasteiger charge is -2.39. The Morgan fingerprint density at radius 3 is 1.08 bits per heavy atom. The van der Waals surface area contributed by atoms with E-state index in [0.29, 0.717) is 12.0 Å². The fourth-order valence-electron chi connectivity index (χ4n) is 3.43. The van der Waals surface area contributed by atoms with Crippen LogP contribution >= 0.6 is 15.4 Å². The molecule has 0 saturated heterocycles. The van der Waals surface area contributed by atoms with Gasteiger partial charge in [-0.1, -0.05) is 49.0 Å². The summed E-state index contributed by atoms with van der Waals surface area (Å²) in [4.78, 5) is 35.0. The summed E-state index contributed by atoms with van der Waals surface area (Å²) in [5.74, 6) is 0.813. The van der Waals surface area contributed by atoms with E-state index in [9.17, 15) is 17.5 Å². The second-order valence-electron chi connectivity index (χ2n) is 12.6. The van der Waals surface area contributed by atoms with Gasteiger partial charge in [-0.25, -0.2) is 4.57 Å². The highest BCUT2D eigenvalue weighted by molar-refractivity contribution is 7.86. The number of hydrogen-bond acceptors (Lipinski definition) is 7. The molecule has 0 bridgehead atoms. The molecule has 8 N–H and O–H groups in total. The number of phosphoric acid groups is 1. The molecule has 0 amide bonds. The van der Waals surface area contributed by atoms with Gasteiger partial charge in [-0.3, -0.25) is 19.1 Å². The Kier molecular flexibility index (Phi) is 42.4. The average Bonchev–Trinajstić information content (AvgIpc) is 2.84. The first kappa shape index (κ1) is 62.7. The third kappa shape index (κ3) is 47.7. The summed E-state index contributed by atoms with van der Waals surface area (Å²) < 4.78 is 53.1. The molecule has 0 atom stereocenters. The second kappa shape index (κ2) is 32.5. The van der Waals surface area contributed by atoms with Crippen molar-refractivity contribution < 1.29 is 50.7 Å². The van der Waals surface area contributed by atoms with Gasteiger partial charge in [0.05, 0.1) is 48.5 Å². The second-order valence-corrected chi connectivity index (χ2v) is 18.0. The van der Waals surface area contributed by atoms with Gasteiger partial charge in [0.2, 0.25) is 0 Å². The minimum absolute atomic E-state index is 0. The lowest BCUT2D eigenvalue weighted by molar-refractivity contribution is -0.943. The highest BCUT2D eigenvalue weighted by Crippen LogP contribution is 2.40. The zero-order valence-corrected chi connectivity index (χ0v) is 35.4. The summed E-state index contributed by atoms with van der Waals surface area (Å²) in [5, 5.41) is 6.13. The van der Waals surface area contributed by atoms with Crippen LogP contribution in [0.4, 0.5) is 0 Å². The van der Waals surface area contributed by atoms with E-state index in [4.69, 9.17) is 35.3 Å². The summed E-state index contributed by atoms with van der Waals surface area (Å²) in [6.07, 6.45) is 0.302. The molecule has 0 aromatic carbocycles. The summed E-state index contributed by atoms with van der Waals surface area (Å²) in [6.45, 7) is 39.5. The van der Waals surface area contributed by atoms with Crippen molar-refractivity contribution in [3.8, 4) is 0 Å². The molecule has 0 heterocycles. The molecule has 0 fully saturated rings. The highest BCUT2D eigenvalue weighted by atomic mass is 32.2. The van der Waals surface area contributed by atoms with Gasteiger partial charge in [-0.15, -0.1) is 0 Å². The fraction of sp³-hybridized carbons (Fsp3) is 0.968. The molecule has 0 aromatic heterocycles. The molecule has 0 saturated carbocycles. The number of amidine groups is 1. The predicted molar refractivity (Wildman–Crippen MR) is 205 cm³/mol. The zero-order valence-electron chi connectivity index (χ0n) is 32.8. The molecule has 0 aliphatic carbocycles. The first-order chi connectivity index (χ1) is 20.8. The third-order valence-corrected chi connectivity index (χ3v) is 10.0. The Hall–Kier alpha value is -0.440. The normalized spacial score (nSPS) is 11.7. The van der Waals surface area contributed by atoms with Crippen LogP contribution < -0.4 is 5.73 Å². The Morgan fingerprint density at radius 2 is 1.08 bits per heavy atom. The molecule has 0 spiro atoms. The number of nitrogens with zero attached hydrogens (tertiary/aromatic N) is 2. The smallest absolute Gasteiger partial charge is 0.388 e. The molecule has 0 aromatic rings. The van der Waals surface area contributed by atoms with Gasteiger partial charge >= 0.3 is 15.4 Å². The van der Waals surface area contributed by atoms with Crippen LogP contribution in [0.25, 0.3) is 0 Å². The van der Waals surface area contributed by atoms with Gasteiger partial charge in [-0.2, -0.15) is 8.42 Å². The number of rotatable bonds is 13. The fourth-order valence-corrected chi connectivity index (χ4v) is 3.98. The molecule has 0 radical (unpaired) electrons. The molecule has 0 unspecified atom stereocenters. The Morgan fingerprint density at radius 1 is 0.792 bits per heavy atom. The number of hydrogen-bond donors (Lipinski definition) is 7. The van der Waals surface area contributed by atoms with E-state index in [1.165, 1.54) is 64.9 Å². The Labute approximate surface area is 296 Å². The Balaban J connectivity index is -0.0000000841. The van der Waals surface area contributed by atoms with Crippen molar-refractivity contribution in [1.29, 1.82) is 5.41 Å². The first-order valence-corrected chi connectivity index (χ1v) is 21.2. The highest BCUT2D eigenvalue weighted by Gasteiger charge is 2.24. The minimum atomic E-state index is -4.22. The SMILES string of the molecule is C.CC(C)CC(=N)N.CC(C)OP(=O)(O)O.CC(C)P(=O)(O)O.CC(C)S(=O)(=O)O.CCN(CC)C(C)C.CC[N+](CC)(CC)C(C)C. The van der Waals surface area contributed by atoms with Crippen LogP contribution in [0.5, 0.6) is 0 Å². The van der Waals surface area contributed by atoms with Gasteiger partial charge in [-0.05, 0) is 95.2 Å². The van der Waals surface area contributed by atoms with Gasteiger partial charge in [0.1, 0.15) is 0 Å². The molecule has 300 valence electrons. The van der Waals surface area contributed by atoms with Crippen molar-refractivity contribution in [3.05, 3.63) is 0 Å². The van der Waals surface area contributed by atoms with E-state index in [2.05, 4.69) is 71.7 Å². The van der Waals surface area contributed by atoms with Crippen LogP contribution in [0.15, 0.2) is 0 Å². The largest absolute Gasteiger partial charge is 0.469 e. The molecular weight excluding hydrogens is 682 g/mol. The molecule has 17 heteroatoms. The summed E-state index contributed by atoms with van der Waals surface area (Å²) in [7, 11) is -11.7. The third-order valence-electron chi connectivity index (χ3n) is 6.77. The van der Waals surface area contributed by atoms with Gasteiger partial charge in [0.25, 0.3) is 10.1 Å². The van der Waals surface area contributed by atoms with E-state index in [1.54, 1.807) is 13.8 Å². The van der Waals surface area contributed by atoms with Gasteiger partial charge in [0, 0.05) is 12.5 Å². The maximum atomic E-state index is 10.0. The molecular formula is C31H81N4O10P2S+. The van der Waals surface area contributed by atoms with E-state index < -0.39 is 42.5 Å². The van der Waals surface area contributed by atoms with Crippen molar-refractivity contribution in [2.45, 2.75) is 161 Å². The number of nitrogens with two attached hydrogens (primary N) is 1. The zero-order chi connectivity index (χ0) is 39.6. The van der Waals surface area contributed by atoms with Gasteiger partial charge < -0.3 is 34.7 Å². The van der Waals surface area contributed by atoms with Crippen LogP contribution in [0.1, 0.15) is 132 Å².